The first-order chi connectivity index (χ1) is 13.2. The van der Waals surface area contributed by atoms with Crippen molar-refractivity contribution in [2.45, 2.75) is 32.0 Å². The van der Waals surface area contributed by atoms with E-state index in [9.17, 15) is 4.79 Å². The summed E-state index contributed by atoms with van der Waals surface area (Å²) >= 11 is 1.44. The molecular weight excluding hydrogens is 358 g/mol. The molecule has 1 aliphatic heterocycles. The molecule has 0 spiro atoms. The number of benzene rings is 2. The number of aromatic nitrogens is 3. The molecule has 27 heavy (non-hydrogen) atoms. The molecule has 0 saturated carbocycles. The second-order valence-electron chi connectivity index (χ2n) is 6.50. The van der Waals surface area contributed by atoms with Gasteiger partial charge < -0.3 is 9.30 Å². The minimum Gasteiger partial charge on any atom is -0.493 e. The van der Waals surface area contributed by atoms with Crippen LogP contribution in [0.15, 0.2) is 47.6 Å². The zero-order chi connectivity index (χ0) is 18.8. The van der Waals surface area contributed by atoms with Crippen molar-refractivity contribution in [2.24, 2.45) is 0 Å². The van der Waals surface area contributed by atoms with E-state index in [4.69, 9.17) is 4.74 Å². The summed E-state index contributed by atoms with van der Waals surface area (Å²) in [6.45, 7) is 5.59. The zero-order valence-electron chi connectivity index (χ0n) is 15.4. The Morgan fingerprint density at radius 3 is 2.89 bits per heavy atom. The van der Waals surface area contributed by atoms with Gasteiger partial charge >= 0.3 is 0 Å². The van der Waals surface area contributed by atoms with E-state index in [2.05, 4.69) is 40.7 Å². The second kappa shape index (κ2) is 7.56. The van der Waals surface area contributed by atoms with E-state index in [0.717, 1.165) is 51.9 Å². The molecule has 0 aliphatic carbocycles. The molecule has 2 aromatic carbocycles. The number of fused-ring (bicyclic) bond motifs is 1. The largest absolute Gasteiger partial charge is 0.493 e. The van der Waals surface area contributed by atoms with Crippen LogP contribution in [0.2, 0.25) is 0 Å². The molecule has 6 heteroatoms. The van der Waals surface area contributed by atoms with Crippen molar-refractivity contribution in [2.75, 3.05) is 12.4 Å². The molecule has 0 amide bonds. The van der Waals surface area contributed by atoms with Crippen LogP contribution >= 0.6 is 11.8 Å². The van der Waals surface area contributed by atoms with Gasteiger partial charge in [-0.3, -0.25) is 4.79 Å². The summed E-state index contributed by atoms with van der Waals surface area (Å²) in [6.07, 6.45) is 0.869. The minimum absolute atomic E-state index is 0.0952. The molecule has 0 N–H and O–H groups in total. The summed E-state index contributed by atoms with van der Waals surface area (Å²) in [5.41, 5.74) is 4.08. The van der Waals surface area contributed by atoms with Crippen LogP contribution in [0.25, 0.3) is 11.4 Å². The SMILES string of the molecule is CCn1c(SCC(=O)c2ccc3c(c2)CCO3)nnc1-c1ccccc1C. The second-order valence-corrected chi connectivity index (χ2v) is 7.44. The number of hydrogen-bond donors (Lipinski definition) is 0. The summed E-state index contributed by atoms with van der Waals surface area (Å²) in [5.74, 6) is 2.18. The quantitative estimate of drug-likeness (QED) is 0.475. The van der Waals surface area contributed by atoms with Crippen LogP contribution in [0.5, 0.6) is 5.75 Å². The molecule has 0 atom stereocenters. The smallest absolute Gasteiger partial charge is 0.191 e. The highest BCUT2D eigenvalue weighted by Crippen LogP contribution is 2.28. The van der Waals surface area contributed by atoms with Crippen LogP contribution in [-0.4, -0.2) is 32.9 Å². The van der Waals surface area contributed by atoms with Gasteiger partial charge in [0.25, 0.3) is 0 Å². The molecule has 5 nitrogen and oxygen atoms in total. The first-order valence-electron chi connectivity index (χ1n) is 9.08. The first kappa shape index (κ1) is 17.8. The number of hydrogen-bond acceptors (Lipinski definition) is 5. The molecular formula is C21H21N3O2S. The molecule has 0 saturated heterocycles. The number of nitrogens with zero attached hydrogens (tertiary/aromatic N) is 3. The van der Waals surface area contributed by atoms with Crippen molar-refractivity contribution in [3.63, 3.8) is 0 Å². The first-order valence-corrected chi connectivity index (χ1v) is 10.1. The van der Waals surface area contributed by atoms with Crippen LogP contribution in [-0.2, 0) is 13.0 Å². The number of Topliss-reactive ketones (excluding diaryl/α,β-unsaturated/α-hetero) is 1. The maximum atomic E-state index is 12.6. The lowest BCUT2D eigenvalue weighted by molar-refractivity contribution is 0.102. The summed E-state index contributed by atoms with van der Waals surface area (Å²) < 4.78 is 7.58. The zero-order valence-corrected chi connectivity index (χ0v) is 16.3. The number of ether oxygens (including phenoxy) is 1. The number of carbonyl (C=O) groups is 1. The third-order valence-corrected chi connectivity index (χ3v) is 5.73. The van der Waals surface area contributed by atoms with Crippen LogP contribution in [0.1, 0.15) is 28.4 Å². The Morgan fingerprint density at radius 1 is 1.22 bits per heavy atom. The Hall–Kier alpha value is -2.60. The Balaban J connectivity index is 1.52. The normalized spacial score (nSPS) is 12.7. The average Bonchev–Trinajstić information content (AvgIpc) is 3.32. The third-order valence-electron chi connectivity index (χ3n) is 4.76. The Morgan fingerprint density at radius 2 is 2.07 bits per heavy atom. The van der Waals surface area contributed by atoms with E-state index in [-0.39, 0.29) is 5.78 Å². The highest BCUT2D eigenvalue weighted by atomic mass is 32.2. The topological polar surface area (TPSA) is 57.0 Å². The van der Waals surface area contributed by atoms with Gasteiger partial charge in [-0.25, -0.2) is 0 Å². The van der Waals surface area contributed by atoms with Crippen molar-refractivity contribution < 1.29 is 9.53 Å². The third kappa shape index (κ3) is 3.49. The van der Waals surface area contributed by atoms with Crippen molar-refractivity contribution >= 4 is 17.5 Å². The standard InChI is InChI=1S/C21H21N3O2S/c1-3-24-20(17-7-5-4-6-14(17)2)22-23-21(24)27-13-18(25)15-8-9-19-16(12-15)10-11-26-19/h4-9,12H,3,10-11,13H2,1-2H3. The van der Waals surface area contributed by atoms with Crippen LogP contribution in [0, 0.1) is 6.92 Å². The number of rotatable bonds is 6. The van der Waals surface area contributed by atoms with Crippen molar-refractivity contribution in [3.05, 3.63) is 59.2 Å². The number of aryl methyl sites for hydroxylation is 1. The maximum Gasteiger partial charge on any atom is 0.191 e. The van der Waals surface area contributed by atoms with Crippen molar-refractivity contribution in [1.82, 2.24) is 14.8 Å². The van der Waals surface area contributed by atoms with Gasteiger partial charge in [0, 0.05) is 24.1 Å². The van der Waals surface area contributed by atoms with Gasteiger partial charge in [0.1, 0.15) is 5.75 Å². The van der Waals surface area contributed by atoms with E-state index >= 15 is 0 Å². The number of ketones is 1. The monoisotopic (exact) mass is 379 g/mol. The predicted molar refractivity (Wildman–Crippen MR) is 107 cm³/mol. The van der Waals surface area contributed by atoms with Crippen molar-refractivity contribution in [1.29, 1.82) is 0 Å². The fourth-order valence-corrected chi connectivity index (χ4v) is 4.17. The summed E-state index contributed by atoms with van der Waals surface area (Å²) in [5, 5.41) is 9.48. The summed E-state index contributed by atoms with van der Waals surface area (Å²) in [7, 11) is 0. The minimum atomic E-state index is 0.0952. The molecule has 0 fully saturated rings. The highest BCUT2D eigenvalue weighted by molar-refractivity contribution is 7.99. The lowest BCUT2D eigenvalue weighted by Gasteiger charge is -2.09. The molecule has 2 heterocycles. The number of thioether (sulfide) groups is 1. The van der Waals surface area contributed by atoms with Crippen LogP contribution < -0.4 is 4.74 Å². The van der Waals surface area contributed by atoms with E-state index in [1.165, 1.54) is 11.8 Å². The van der Waals surface area contributed by atoms with Gasteiger partial charge in [-0.05, 0) is 43.2 Å². The molecule has 1 aromatic heterocycles. The van der Waals surface area contributed by atoms with Crippen LogP contribution in [0.4, 0.5) is 0 Å². The molecule has 3 aromatic rings. The van der Waals surface area contributed by atoms with Crippen LogP contribution in [0.3, 0.4) is 0 Å². The predicted octanol–water partition coefficient (Wildman–Crippen LogP) is 4.18. The van der Waals surface area contributed by atoms with Gasteiger partial charge in [0.2, 0.25) is 0 Å². The Kier molecular flexibility index (Phi) is 4.99. The summed E-state index contributed by atoms with van der Waals surface area (Å²) in [6, 6.07) is 13.8. The summed E-state index contributed by atoms with van der Waals surface area (Å²) in [4.78, 5) is 12.6. The van der Waals surface area contributed by atoms with Gasteiger partial charge in [0.15, 0.2) is 16.8 Å². The number of carbonyl (C=O) groups excluding carboxylic acids is 1. The molecule has 4 rings (SSSR count). The lowest BCUT2D eigenvalue weighted by atomic mass is 10.1. The average molecular weight is 379 g/mol. The Labute approximate surface area is 162 Å². The highest BCUT2D eigenvalue weighted by Gasteiger charge is 2.18. The lowest BCUT2D eigenvalue weighted by Crippen LogP contribution is -2.05. The molecule has 0 bridgehead atoms. The van der Waals surface area contributed by atoms with Gasteiger partial charge in [0.05, 0.1) is 12.4 Å². The fourth-order valence-electron chi connectivity index (χ4n) is 3.28. The van der Waals surface area contributed by atoms with Gasteiger partial charge in [-0.1, -0.05) is 36.0 Å². The van der Waals surface area contributed by atoms with Gasteiger partial charge in [-0.2, -0.15) is 0 Å². The molecule has 138 valence electrons. The Bertz CT molecular complexity index is 997. The molecule has 0 unspecified atom stereocenters. The van der Waals surface area contributed by atoms with E-state index in [0.29, 0.717) is 12.4 Å². The molecule has 1 aliphatic rings. The van der Waals surface area contributed by atoms with E-state index in [1.807, 2.05) is 30.3 Å². The van der Waals surface area contributed by atoms with Crippen molar-refractivity contribution in [3.8, 4) is 17.1 Å². The van der Waals surface area contributed by atoms with E-state index in [1.54, 1.807) is 0 Å². The van der Waals surface area contributed by atoms with E-state index < -0.39 is 0 Å². The maximum absolute atomic E-state index is 12.6. The fraction of sp³-hybridized carbons (Fsp3) is 0.286. The van der Waals surface area contributed by atoms with Gasteiger partial charge in [-0.15, -0.1) is 10.2 Å². The molecule has 0 radical (unpaired) electrons.